The van der Waals surface area contributed by atoms with E-state index in [0.717, 1.165) is 42.7 Å². The van der Waals surface area contributed by atoms with Gasteiger partial charge in [-0.05, 0) is 68.0 Å². The second-order valence-electron chi connectivity index (χ2n) is 7.55. The summed E-state index contributed by atoms with van der Waals surface area (Å²) in [5, 5.41) is 5.49. The molecule has 2 aromatic heterocycles. The highest BCUT2D eigenvalue weighted by atomic mass is 16.5. The lowest BCUT2D eigenvalue weighted by Gasteiger charge is -2.28. The number of hydrogen-bond acceptors (Lipinski definition) is 6. The van der Waals surface area contributed by atoms with Crippen molar-refractivity contribution in [3.05, 3.63) is 54.4 Å². The van der Waals surface area contributed by atoms with Gasteiger partial charge in [0.15, 0.2) is 0 Å². The molecule has 6 heteroatoms. The van der Waals surface area contributed by atoms with Crippen LogP contribution in [0.1, 0.15) is 18.4 Å². The van der Waals surface area contributed by atoms with E-state index < -0.39 is 0 Å². The largest absolute Gasteiger partial charge is 0.477 e. The molecule has 0 atom stereocenters. The van der Waals surface area contributed by atoms with Gasteiger partial charge in [-0.3, -0.25) is 0 Å². The van der Waals surface area contributed by atoms with Gasteiger partial charge in [-0.25, -0.2) is 9.97 Å². The van der Waals surface area contributed by atoms with Gasteiger partial charge in [-0.2, -0.15) is 0 Å². The lowest BCUT2D eigenvalue weighted by molar-refractivity contribution is 0.157. The van der Waals surface area contributed by atoms with Crippen LogP contribution in [-0.2, 0) is 6.54 Å². The molecule has 0 amide bonds. The number of anilines is 2. The molecule has 0 saturated carbocycles. The highest BCUT2D eigenvalue weighted by Crippen LogP contribution is 2.21. The Kier molecular flexibility index (Phi) is 5.58. The van der Waals surface area contributed by atoms with Crippen LogP contribution in [0.4, 0.5) is 11.5 Å². The lowest BCUT2D eigenvalue weighted by atomic mass is 9.98. The summed E-state index contributed by atoms with van der Waals surface area (Å²) in [5.41, 5.74) is 8.07. The van der Waals surface area contributed by atoms with Gasteiger partial charge in [0, 0.05) is 24.2 Å². The summed E-state index contributed by atoms with van der Waals surface area (Å²) >= 11 is 0. The van der Waals surface area contributed by atoms with Crippen molar-refractivity contribution in [1.29, 1.82) is 0 Å². The van der Waals surface area contributed by atoms with E-state index in [1.165, 1.54) is 18.4 Å². The molecule has 28 heavy (non-hydrogen) atoms. The summed E-state index contributed by atoms with van der Waals surface area (Å²) in [6.45, 7) is 3.78. The Balaban J connectivity index is 1.30. The van der Waals surface area contributed by atoms with Crippen LogP contribution in [0.25, 0.3) is 10.8 Å². The second kappa shape index (κ2) is 8.44. The van der Waals surface area contributed by atoms with Crippen LogP contribution in [0.3, 0.4) is 0 Å². The van der Waals surface area contributed by atoms with Crippen molar-refractivity contribution in [2.45, 2.75) is 19.4 Å². The van der Waals surface area contributed by atoms with Crippen LogP contribution in [0, 0.1) is 5.92 Å². The van der Waals surface area contributed by atoms with Gasteiger partial charge in [0.05, 0.1) is 18.5 Å². The SMILES string of the molecule is CN1CCC(COc2ccc(NCc3ccc4c(N)nccc4c3)cn2)CC1. The molecule has 0 bridgehead atoms. The molecule has 4 rings (SSSR count). The van der Waals surface area contributed by atoms with E-state index in [2.05, 4.69) is 39.4 Å². The molecule has 3 aromatic rings. The standard InChI is InChI=1S/C22H27N5O/c1-27-10-7-16(8-11-27)15-28-21-5-3-19(14-26-21)25-13-17-2-4-20-18(12-17)6-9-24-22(20)23/h2-6,9,12,14,16,25H,7-8,10-11,13,15H2,1H3,(H2,23,24). The average molecular weight is 377 g/mol. The number of nitrogens with one attached hydrogen (secondary N) is 1. The third-order valence-electron chi connectivity index (χ3n) is 5.40. The number of piperidine rings is 1. The fourth-order valence-corrected chi connectivity index (χ4v) is 3.57. The molecule has 0 unspecified atom stereocenters. The molecule has 1 aliphatic rings. The Hall–Kier alpha value is -2.86. The first-order valence-corrected chi connectivity index (χ1v) is 9.82. The monoisotopic (exact) mass is 377 g/mol. The van der Waals surface area contributed by atoms with Crippen LogP contribution < -0.4 is 15.8 Å². The normalized spacial score (nSPS) is 15.6. The van der Waals surface area contributed by atoms with Crippen LogP contribution in [0.15, 0.2) is 48.8 Å². The number of nitrogens with two attached hydrogens (primary N) is 1. The van der Waals surface area contributed by atoms with Crippen molar-refractivity contribution in [2.24, 2.45) is 5.92 Å². The van der Waals surface area contributed by atoms with Crippen molar-refractivity contribution >= 4 is 22.3 Å². The molecule has 1 saturated heterocycles. The van der Waals surface area contributed by atoms with E-state index >= 15 is 0 Å². The van der Waals surface area contributed by atoms with Crippen LogP contribution in [0.5, 0.6) is 5.88 Å². The summed E-state index contributed by atoms with van der Waals surface area (Å²) in [4.78, 5) is 10.9. The number of pyridine rings is 2. The maximum Gasteiger partial charge on any atom is 0.213 e. The summed E-state index contributed by atoms with van der Waals surface area (Å²) in [6, 6.07) is 12.1. The van der Waals surface area contributed by atoms with Gasteiger partial charge in [-0.15, -0.1) is 0 Å². The molecular formula is C22H27N5O. The first kappa shape index (κ1) is 18.5. The van der Waals surface area contributed by atoms with Gasteiger partial charge >= 0.3 is 0 Å². The second-order valence-corrected chi connectivity index (χ2v) is 7.55. The van der Waals surface area contributed by atoms with E-state index in [1.54, 1.807) is 6.20 Å². The highest BCUT2D eigenvalue weighted by Gasteiger charge is 2.17. The number of likely N-dealkylation sites (tertiary alicyclic amines) is 1. The summed E-state index contributed by atoms with van der Waals surface area (Å²) in [6.07, 6.45) is 5.96. The highest BCUT2D eigenvalue weighted by molar-refractivity contribution is 5.91. The summed E-state index contributed by atoms with van der Waals surface area (Å²) < 4.78 is 5.88. The third kappa shape index (κ3) is 4.51. The Morgan fingerprint density at radius 1 is 1.14 bits per heavy atom. The van der Waals surface area contributed by atoms with Crippen LogP contribution in [0.2, 0.25) is 0 Å². The molecule has 0 spiro atoms. The van der Waals surface area contributed by atoms with E-state index in [1.807, 2.05) is 30.5 Å². The first-order valence-electron chi connectivity index (χ1n) is 9.82. The van der Waals surface area contributed by atoms with Crippen molar-refractivity contribution in [3.8, 4) is 5.88 Å². The quantitative estimate of drug-likeness (QED) is 0.684. The zero-order chi connectivity index (χ0) is 19.3. The van der Waals surface area contributed by atoms with Gasteiger partial charge in [0.25, 0.3) is 0 Å². The predicted octanol–water partition coefficient (Wildman–Crippen LogP) is 3.54. The number of aromatic nitrogens is 2. The molecule has 3 heterocycles. The number of nitrogens with zero attached hydrogens (tertiary/aromatic N) is 3. The van der Waals surface area contributed by atoms with E-state index in [-0.39, 0.29) is 0 Å². The lowest BCUT2D eigenvalue weighted by Crippen LogP contribution is -2.32. The number of fused-ring (bicyclic) bond motifs is 1. The van der Waals surface area contributed by atoms with Crippen molar-refractivity contribution in [1.82, 2.24) is 14.9 Å². The minimum atomic E-state index is 0.567. The predicted molar refractivity (Wildman–Crippen MR) is 113 cm³/mol. The Labute approximate surface area is 165 Å². The molecule has 0 aliphatic carbocycles. The van der Waals surface area contributed by atoms with E-state index in [9.17, 15) is 0 Å². The maximum atomic E-state index is 5.91. The molecule has 1 fully saturated rings. The minimum absolute atomic E-state index is 0.567. The number of hydrogen-bond donors (Lipinski definition) is 2. The Morgan fingerprint density at radius 3 is 2.79 bits per heavy atom. The van der Waals surface area contributed by atoms with Crippen molar-refractivity contribution in [3.63, 3.8) is 0 Å². The Bertz CT molecular complexity index is 920. The number of benzene rings is 1. The number of rotatable bonds is 6. The molecule has 1 aliphatic heterocycles. The van der Waals surface area contributed by atoms with E-state index in [0.29, 0.717) is 17.6 Å². The summed E-state index contributed by atoms with van der Waals surface area (Å²) in [5.74, 6) is 1.89. The number of nitrogen functional groups attached to an aromatic ring is 1. The molecule has 0 radical (unpaired) electrons. The molecule has 1 aromatic carbocycles. The Morgan fingerprint density at radius 2 is 2.00 bits per heavy atom. The molecule has 6 nitrogen and oxygen atoms in total. The topological polar surface area (TPSA) is 76.3 Å². The minimum Gasteiger partial charge on any atom is -0.477 e. The van der Waals surface area contributed by atoms with Crippen molar-refractivity contribution in [2.75, 3.05) is 37.8 Å². The van der Waals surface area contributed by atoms with Crippen LogP contribution in [-0.4, -0.2) is 41.6 Å². The first-order chi connectivity index (χ1) is 13.7. The fraction of sp³-hybridized carbons (Fsp3) is 0.364. The maximum absolute atomic E-state index is 5.91. The average Bonchev–Trinajstić information content (AvgIpc) is 2.73. The zero-order valence-corrected chi connectivity index (χ0v) is 16.3. The molecular weight excluding hydrogens is 350 g/mol. The summed E-state index contributed by atoms with van der Waals surface area (Å²) in [7, 11) is 2.18. The smallest absolute Gasteiger partial charge is 0.213 e. The third-order valence-corrected chi connectivity index (χ3v) is 5.40. The number of ether oxygens (including phenoxy) is 1. The molecule has 3 N–H and O–H groups in total. The zero-order valence-electron chi connectivity index (χ0n) is 16.3. The molecule has 146 valence electrons. The fourth-order valence-electron chi connectivity index (χ4n) is 3.57. The van der Waals surface area contributed by atoms with Crippen molar-refractivity contribution < 1.29 is 4.74 Å². The van der Waals surface area contributed by atoms with Gasteiger partial charge in [0.2, 0.25) is 5.88 Å². The van der Waals surface area contributed by atoms with Gasteiger partial charge in [0.1, 0.15) is 5.82 Å². The van der Waals surface area contributed by atoms with Crippen LogP contribution >= 0.6 is 0 Å². The van der Waals surface area contributed by atoms with Gasteiger partial charge in [-0.1, -0.05) is 12.1 Å². The van der Waals surface area contributed by atoms with E-state index in [4.69, 9.17) is 10.5 Å². The van der Waals surface area contributed by atoms with Gasteiger partial charge < -0.3 is 20.7 Å².